The maximum absolute atomic E-state index is 6.20. The Morgan fingerprint density at radius 1 is 1.25 bits per heavy atom. The van der Waals surface area contributed by atoms with Crippen molar-refractivity contribution in [3.05, 3.63) is 34.9 Å². The summed E-state index contributed by atoms with van der Waals surface area (Å²) < 4.78 is 5.46. The van der Waals surface area contributed by atoms with Crippen LogP contribution < -0.4 is 10.6 Å². The number of aliphatic imine (C=N–C) groups is 1. The molecule has 1 atom stereocenters. The minimum absolute atomic E-state index is 0.466. The summed E-state index contributed by atoms with van der Waals surface area (Å²) >= 11 is 6.20. The molecule has 1 fully saturated rings. The quantitative estimate of drug-likeness (QED) is 0.609. The molecule has 6 heteroatoms. The lowest BCUT2D eigenvalue weighted by Crippen LogP contribution is -2.52. The van der Waals surface area contributed by atoms with Crippen molar-refractivity contribution in [3.63, 3.8) is 0 Å². The van der Waals surface area contributed by atoms with E-state index in [2.05, 4.69) is 34.4 Å². The molecule has 1 aromatic rings. The second-order valence-corrected chi connectivity index (χ2v) is 6.76. The molecule has 0 radical (unpaired) electrons. The summed E-state index contributed by atoms with van der Waals surface area (Å²) in [5.74, 6) is 1.37. The van der Waals surface area contributed by atoms with Gasteiger partial charge in [-0.25, -0.2) is 0 Å². The molecule has 0 amide bonds. The molecule has 0 spiro atoms. The number of morpholine rings is 1. The minimum atomic E-state index is 0.466. The van der Waals surface area contributed by atoms with E-state index in [1.165, 1.54) is 0 Å². The summed E-state index contributed by atoms with van der Waals surface area (Å²) in [7, 11) is 1.79. The third-order valence-electron chi connectivity index (χ3n) is 4.39. The van der Waals surface area contributed by atoms with Crippen molar-refractivity contribution in [2.24, 2.45) is 10.9 Å². The van der Waals surface area contributed by atoms with Gasteiger partial charge in [0.25, 0.3) is 0 Å². The highest BCUT2D eigenvalue weighted by atomic mass is 35.5. The largest absolute Gasteiger partial charge is 0.379 e. The van der Waals surface area contributed by atoms with Gasteiger partial charge in [0.15, 0.2) is 5.96 Å². The zero-order valence-electron chi connectivity index (χ0n) is 14.9. The highest BCUT2D eigenvalue weighted by molar-refractivity contribution is 6.31. The number of nitrogens with zero attached hydrogens (tertiary/aromatic N) is 2. The minimum Gasteiger partial charge on any atom is -0.379 e. The maximum Gasteiger partial charge on any atom is 0.191 e. The van der Waals surface area contributed by atoms with Crippen molar-refractivity contribution in [1.82, 2.24) is 15.5 Å². The lowest BCUT2D eigenvalue weighted by atomic mass is 10.0. The van der Waals surface area contributed by atoms with Crippen molar-refractivity contribution >= 4 is 17.6 Å². The fourth-order valence-corrected chi connectivity index (χ4v) is 3.14. The molecule has 1 aliphatic heterocycles. The number of rotatable bonds is 6. The number of ether oxygens (including phenoxy) is 1. The molecule has 1 saturated heterocycles. The molecule has 1 aliphatic rings. The Balaban J connectivity index is 1.86. The molecule has 24 heavy (non-hydrogen) atoms. The van der Waals surface area contributed by atoms with E-state index in [4.69, 9.17) is 16.3 Å². The van der Waals surface area contributed by atoms with Crippen molar-refractivity contribution in [3.8, 4) is 0 Å². The van der Waals surface area contributed by atoms with Gasteiger partial charge >= 0.3 is 0 Å². The summed E-state index contributed by atoms with van der Waals surface area (Å²) in [6, 6.07) is 8.32. The molecule has 0 saturated carbocycles. The van der Waals surface area contributed by atoms with Crippen molar-refractivity contribution in [2.75, 3.05) is 39.9 Å². The summed E-state index contributed by atoms with van der Waals surface area (Å²) in [5, 5.41) is 7.56. The zero-order valence-corrected chi connectivity index (χ0v) is 15.6. The van der Waals surface area contributed by atoms with Crippen LogP contribution in [0, 0.1) is 5.92 Å². The molecule has 5 nitrogen and oxygen atoms in total. The Morgan fingerprint density at radius 3 is 2.58 bits per heavy atom. The average Bonchev–Trinajstić information content (AvgIpc) is 2.59. The Morgan fingerprint density at radius 2 is 1.96 bits per heavy atom. The molecule has 0 bridgehead atoms. The van der Waals surface area contributed by atoms with Gasteiger partial charge in [-0.15, -0.1) is 0 Å². The Labute approximate surface area is 150 Å². The summed E-state index contributed by atoms with van der Waals surface area (Å²) in [4.78, 5) is 6.82. The molecule has 2 rings (SSSR count). The summed E-state index contributed by atoms with van der Waals surface area (Å²) in [6.45, 7) is 9.68. The third-order valence-corrected chi connectivity index (χ3v) is 4.76. The normalized spacial score (nSPS) is 17.8. The lowest BCUT2D eigenvalue weighted by molar-refractivity contribution is 0.00752. The topological polar surface area (TPSA) is 48.9 Å². The Bertz CT molecular complexity index is 530. The highest BCUT2D eigenvalue weighted by Gasteiger charge is 2.23. The van der Waals surface area contributed by atoms with Gasteiger partial charge in [-0.05, 0) is 17.5 Å². The average molecular weight is 353 g/mol. The van der Waals surface area contributed by atoms with Gasteiger partial charge in [-0.1, -0.05) is 43.6 Å². The second-order valence-electron chi connectivity index (χ2n) is 6.36. The fourth-order valence-electron chi connectivity index (χ4n) is 2.94. The van der Waals surface area contributed by atoms with Gasteiger partial charge in [0, 0.05) is 44.3 Å². The smallest absolute Gasteiger partial charge is 0.191 e. The molecular formula is C18H29ClN4O. The van der Waals surface area contributed by atoms with Crippen LogP contribution in [-0.2, 0) is 11.3 Å². The van der Waals surface area contributed by atoms with Crippen LogP contribution in [0.25, 0.3) is 0 Å². The number of benzene rings is 1. The van der Waals surface area contributed by atoms with Crippen LogP contribution >= 0.6 is 11.6 Å². The SMILES string of the molecule is CN=C(NCc1ccccc1Cl)NCC(C(C)C)N1CCOCC1. The number of hydrogen-bond donors (Lipinski definition) is 2. The van der Waals surface area contributed by atoms with E-state index in [1.54, 1.807) is 7.05 Å². The summed E-state index contributed by atoms with van der Waals surface area (Å²) in [6.07, 6.45) is 0. The van der Waals surface area contributed by atoms with Gasteiger partial charge in [0.1, 0.15) is 0 Å². The van der Waals surface area contributed by atoms with Crippen molar-refractivity contribution in [2.45, 2.75) is 26.4 Å². The Hall–Kier alpha value is -1.30. The molecule has 1 aromatic carbocycles. The first-order valence-electron chi connectivity index (χ1n) is 8.61. The lowest BCUT2D eigenvalue weighted by Gasteiger charge is -2.37. The first-order valence-corrected chi connectivity index (χ1v) is 8.99. The standard InChI is InChI=1S/C18H29ClN4O/c1-14(2)17(23-8-10-24-11-9-23)13-22-18(20-3)21-12-15-6-4-5-7-16(15)19/h4-7,14,17H,8-13H2,1-3H3,(H2,20,21,22). The second kappa shape index (κ2) is 9.87. The molecule has 1 heterocycles. The summed E-state index contributed by atoms with van der Waals surface area (Å²) in [5.41, 5.74) is 1.07. The predicted molar refractivity (Wildman–Crippen MR) is 101 cm³/mol. The van der Waals surface area contributed by atoms with Crippen molar-refractivity contribution < 1.29 is 4.74 Å². The van der Waals surface area contributed by atoms with E-state index >= 15 is 0 Å². The van der Waals surface area contributed by atoms with Crippen LogP contribution in [0.2, 0.25) is 5.02 Å². The number of hydrogen-bond acceptors (Lipinski definition) is 3. The van der Waals surface area contributed by atoms with Gasteiger partial charge in [-0.3, -0.25) is 9.89 Å². The molecule has 134 valence electrons. The van der Waals surface area contributed by atoms with Crippen LogP contribution in [0.5, 0.6) is 0 Å². The van der Waals surface area contributed by atoms with E-state index in [0.29, 0.717) is 18.5 Å². The molecular weight excluding hydrogens is 324 g/mol. The van der Waals surface area contributed by atoms with Crippen LogP contribution in [0.15, 0.2) is 29.3 Å². The fraction of sp³-hybridized carbons (Fsp3) is 0.611. The van der Waals surface area contributed by atoms with Crippen molar-refractivity contribution in [1.29, 1.82) is 0 Å². The van der Waals surface area contributed by atoms with E-state index in [9.17, 15) is 0 Å². The van der Waals surface area contributed by atoms with Crippen LogP contribution in [0.1, 0.15) is 19.4 Å². The number of nitrogens with one attached hydrogen (secondary N) is 2. The van der Waals surface area contributed by atoms with Gasteiger partial charge < -0.3 is 15.4 Å². The van der Waals surface area contributed by atoms with Crippen LogP contribution in [0.4, 0.5) is 0 Å². The molecule has 1 unspecified atom stereocenters. The zero-order chi connectivity index (χ0) is 17.4. The van der Waals surface area contributed by atoms with E-state index in [-0.39, 0.29) is 0 Å². The van der Waals surface area contributed by atoms with Crippen LogP contribution in [-0.4, -0.2) is 56.8 Å². The van der Waals surface area contributed by atoms with E-state index in [0.717, 1.165) is 49.4 Å². The first-order chi connectivity index (χ1) is 11.6. The van der Waals surface area contributed by atoms with Gasteiger partial charge in [-0.2, -0.15) is 0 Å². The molecule has 2 N–H and O–H groups in total. The monoisotopic (exact) mass is 352 g/mol. The maximum atomic E-state index is 6.20. The first kappa shape index (κ1) is 19.0. The highest BCUT2D eigenvalue weighted by Crippen LogP contribution is 2.14. The third kappa shape index (κ3) is 5.65. The molecule has 0 aliphatic carbocycles. The molecule has 0 aromatic heterocycles. The number of guanidine groups is 1. The Kier molecular flexibility index (Phi) is 7.82. The van der Waals surface area contributed by atoms with Gasteiger partial charge in [0.05, 0.1) is 13.2 Å². The van der Waals surface area contributed by atoms with Crippen LogP contribution in [0.3, 0.4) is 0 Å². The number of halogens is 1. The predicted octanol–water partition coefficient (Wildman–Crippen LogP) is 2.36. The van der Waals surface area contributed by atoms with E-state index in [1.807, 2.05) is 24.3 Å². The van der Waals surface area contributed by atoms with E-state index < -0.39 is 0 Å². The van der Waals surface area contributed by atoms with Gasteiger partial charge in [0.2, 0.25) is 0 Å².